The third-order valence-corrected chi connectivity index (χ3v) is 5.53. The van der Waals surface area contributed by atoms with Crippen LogP contribution in [0.1, 0.15) is 17.3 Å². The Hall–Kier alpha value is -3.32. The maximum atomic E-state index is 12.9. The van der Waals surface area contributed by atoms with Gasteiger partial charge in [0.15, 0.2) is 0 Å². The summed E-state index contributed by atoms with van der Waals surface area (Å²) in [6.45, 7) is 5.18. The van der Waals surface area contributed by atoms with Gasteiger partial charge in [-0.25, -0.2) is 0 Å². The van der Waals surface area contributed by atoms with Gasteiger partial charge >= 0.3 is 0 Å². The van der Waals surface area contributed by atoms with Crippen molar-refractivity contribution in [1.29, 1.82) is 0 Å². The molecule has 7 nitrogen and oxygen atoms in total. The SMILES string of the molecule is CCn1c(=O)cc(N2CCOCC2)c2cc(N(C)C(=O)c3cccc(O)c3)ccc21. The first-order valence-electron chi connectivity index (χ1n) is 10.1. The molecular weight excluding hydrogens is 382 g/mol. The molecule has 1 aliphatic heterocycles. The molecule has 0 aliphatic carbocycles. The van der Waals surface area contributed by atoms with Gasteiger partial charge < -0.3 is 24.2 Å². The van der Waals surface area contributed by atoms with Crippen LogP contribution >= 0.6 is 0 Å². The predicted octanol–water partition coefficient (Wildman–Crippen LogP) is 2.84. The fourth-order valence-corrected chi connectivity index (χ4v) is 3.91. The number of aromatic nitrogens is 1. The number of ether oxygens (including phenoxy) is 1. The number of amides is 1. The van der Waals surface area contributed by atoms with Gasteiger partial charge in [-0.05, 0) is 43.3 Å². The molecule has 2 aromatic carbocycles. The first-order chi connectivity index (χ1) is 14.5. The molecule has 0 spiro atoms. The summed E-state index contributed by atoms with van der Waals surface area (Å²) < 4.78 is 7.20. The van der Waals surface area contributed by atoms with Gasteiger partial charge in [-0.15, -0.1) is 0 Å². The van der Waals surface area contributed by atoms with E-state index in [4.69, 9.17) is 4.74 Å². The van der Waals surface area contributed by atoms with E-state index in [1.165, 1.54) is 12.1 Å². The Kier molecular flexibility index (Phi) is 5.46. The number of carbonyl (C=O) groups is 1. The van der Waals surface area contributed by atoms with Crippen molar-refractivity contribution in [3.8, 4) is 5.75 Å². The summed E-state index contributed by atoms with van der Waals surface area (Å²) in [4.78, 5) is 29.3. The van der Waals surface area contributed by atoms with Crippen molar-refractivity contribution in [3.63, 3.8) is 0 Å². The number of hydrogen-bond donors (Lipinski definition) is 1. The lowest BCUT2D eigenvalue weighted by molar-refractivity contribution is 0.0992. The molecule has 156 valence electrons. The molecule has 7 heteroatoms. The van der Waals surface area contributed by atoms with Crippen LogP contribution in [0.2, 0.25) is 0 Å². The molecule has 1 N–H and O–H groups in total. The van der Waals surface area contributed by atoms with Crippen LogP contribution in [0.3, 0.4) is 0 Å². The van der Waals surface area contributed by atoms with E-state index in [0.29, 0.717) is 44.1 Å². The van der Waals surface area contributed by atoms with Gasteiger partial charge in [0.1, 0.15) is 5.75 Å². The van der Waals surface area contributed by atoms with Crippen molar-refractivity contribution in [2.75, 3.05) is 43.2 Å². The van der Waals surface area contributed by atoms with Crippen molar-refractivity contribution >= 4 is 28.2 Å². The predicted molar refractivity (Wildman–Crippen MR) is 118 cm³/mol. The molecule has 3 aromatic rings. The maximum absolute atomic E-state index is 12.9. The van der Waals surface area contributed by atoms with Crippen molar-refractivity contribution in [2.45, 2.75) is 13.5 Å². The molecule has 1 aromatic heterocycles. The van der Waals surface area contributed by atoms with Gasteiger partial charge in [0.25, 0.3) is 11.5 Å². The van der Waals surface area contributed by atoms with Crippen LogP contribution in [0.15, 0.2) is 53.3 Å². The Labute approximate surface area is 174 Å². The highest BCUT2D eigenvalue weighted by atomic mass is 16.5. The number of carbonyl (C=O) groups excluding carboxylic acids is 1. The standard InChI is InChI=1S/C23H25N3O4/c1-3-26-20-8-7-17(24(2)23(29)16-5-4-6-18(27)13-16)14-19(20)21(15-22(26)28)25-9-11-30-12-10-25/h4-8,13-15,27H,3,9-12H2,1-2H3. The van der Waals surface area contributed by atoms with Gasteiger partial charge in [-0.3, -0.25) is 9.59 Å². The highest BCUT2D eigenvalue weighted by Crippen LogP contribution is 2.30. The number of phenolic OH excluding ortho intramolecular Hbond substituents is 1. The Morgan fingerprint density at radius 3 is 2.60 bits per heavy atom. The number of rotatable bonds is 4. The van der Waals surface area contributed by atoms with E-state index in [-0.39, 0.29) is 17.2 Å². The lowest BCUT2D eigenvalue weighted by Gasteiger charge is -2.30. The topological polar surface area (TPSA) is 75.0 Å². The molecule has 0 bridgehead atoms. The normalized spacial score (nSPS) is 14.1. The van der Waals surface area contributed by atoms with E-state index < -0.39 is 0 Å². The van der Waals surface area contributed by atoms with Crippen LogP contribution in [0.4, 0.5) is 11.4 Å². The zero-order chi connectivity index (χ0) is 21.3. The number of nitrogens with zero attached hydrogens (tertiary/aromatic N) is 3. The van der Waals surface area contributed by atoms with Crippen molar-refractivity contribution in [1.82, 2.24) is 4.57 Å². The molecule has 4 rings (SSSR count). The first-order valence-corrected chi connectivity index (χ1v) is 10.1. The summed E-state index contributed by atoms with van der Waals surface area (Å²) in [6, 6.07) is 13.7. The van der Waals surface area contributed by atoms with Gasteiger partial charge in [0.2, 0.25) is 0 Å². The van der Waals surface area contributed by atoms with E-state index in [0.717, 1.165) is 16.6 Å². The fourth-order valence-electron chi connectivity index (χ4n) is 3.91. The molecule has 0 unspecified atom stereocenters. The molecular formula is C23H25N3O4. The highest BCUT2D eigenvalue weighted by Gasteiger charge is 2.19. The number of hydrogen-bond acceptors (Lipinski definition) is 5. The summed E-state index contributed by atoms with van der Waals surface area (Å²) in [7, 11) is 1.71. The number of pyridine rings is 1. The third-order valence-electron chi connectivity index (χ3n) is 5.53. The third kappa shape index (κ3) is 3.64. The monoisotopic (exact) mass is 407 g/mol. The van der Waals surface area contributed by atoms with E-state index in [2.05, 4.69) is 4.90 Å². The minimum absolute atomic E-state index is 0.0385. The summed E-state index contributed by atoms with van der Waals surface area (Å²) in [5.41, 5.74) is 2.79. The van der Waals surface area contributed by atoms with Crippen molar-refractivity contribution in [3.05, 3.63) is 64.4 Å². The van der Waals surface area contributed by atoms with E-state index in [1.807, 2.05) is 25.1 Å². The highest BCUT2D eigenvalue weighted by molar-refractivity contribution is 6.07. The Bertz CT molecular complexity index is 1150. The van der Waals surface area contributed by atoms with Crippen LogP contribution in [-0.4, -0.2) is 48.9 Å². The lowest BCUT2D eigenvalue weighted by Crippen LogP contribution is -2.37. The number of aryl methyl sites for hydroxylation is 1. The minimum Gasteiger partial charge on any atom is -0.508 e. The molecule has 0 radical (unpaired) electrons. The second-order valence-electron chi connectivity index (χ2n) is 7.33. The first kappa shape index (κ1) is 20.0. The second-order valence-corrected chi connectivity index (χ2v) is 7.33. The zero-order valence-electron chi connectivity index (χ0n) is 17.2. The molecule has 1 amide bonds. The summed E-state index contributed by atoms with van der Waals surface area (Å²) in [5.74, 6) is -0.170. The summed E-state index contributed by atoms with van der Waals surface area (Å²) in [6.07, 6.45) is 0. The van der Waals surface area contributed by atoms with Crippen LogP contribution in [-0.2, 0) is 11.3 Å². The molecule has 1 saturated heterocycles. The Balaban J connectivity index is 1.81. The second kappa shape index (κ2) is 8.20. The molecule has 1 aliphatic rings. The average molecular weight is 407 g/mol. The van der Waals surface area contributed by atoms with Crippen molar-refractivity contribution < 1.29 is 14.6 Å². The minimum atomic E-state index is -0.220. The molecule has 2 heterocycles. The largest absolute Gasteiger partial charge is 0.508 e. The average Bonchev–Trinajstić information content (AvgIpc) is 2.78. The molecule has 0 atom stereocenters. The number of fused-ring (bicyclic) bond motifs is 1. The van der Waals surface area contributed by atoms with Gasteiger partial charge in [0, 0.05) is 49.4 Å². The fraction of sp³-hybridized carbons (Fsp3) is 0.304. The summed E-state index contributed by atoms with van der Waals surface area (Å²) in [5, 5.41) is 10.6. The van der Waals surface area contributed by atoms with E-state index in [9.17, 15) is 14.7 Å². The van der Waals surface area contributed by atoms with Crippen LogP contribution < -0.4 is 15.4 Å². The van der Waals surface area contributed by atoms with Crippen LogP contribution in [0, 0.1) is 0 Å². The quantitative estimate of drug-likeness (QED) is 0.720. The van der Waals surface area contributed by atoms with Gasteiger partial charge in [-0.1, -0.05) is 6.07 Å². The number of morpholine rings is 1. The number of aromatic hydroxyl groups is 1. The zero-order valence-corrected chi connectivity index (χ0v) is 17.2. The Morgan fingerprint density at radius 2 is 1.90 bits per heavy atom. The summed E-state index contributed by atoms with van der Waals surface area (Å²) >= 11 is 0. The molecule has 30 heavy (non-hydrogen) atoms. The number of anilines is 2. The van der Waals surface area contributed by atoms with Crippen molar-refractivity contribution in [2.24, 2.45) is 0 Å². The molecule has 0 saturated carbocycles. The van der Waals surface area contributed by atoms with Crippen LogP contribution in [0.25, 0.3) is 10.9 Å². The smallest absolute Gasteiger partial charge is 0.258 e. The molecule has 1 fully saturated rings. The maximum Gasteiger partial charge on any atom is 0.258 e. The number of benzene rings is 2. The van der Waals surface area contributed by atoms with Crippen LogP contribution in [0.5, 0.6) is 5.75 Å². The van der Waals surface area contributed by atoms with Gasteiger partial charge in [-0.2, -0.15) is 0 Å². The number of phenols is 1. The van der Waals surface area contributed by atoms with E-state index in [1.54, 1.807) is 34.7 Å². The lowest BCUT2D eigenvalue weighted by atomic mass is 10.1. The van der Waals surface area contributed by atoms with E-state index >= 15 is 0 Å². The van der Waals surface area contributed by atoms with Gasteiger partial charge in [0.05, 0.1) is 24.4 Å². The Morgan fingerprint density at radius 1 is 1.13 bits per heavy atom.